The molecule has 4 aliphatic heterocycles. The molecule has 172 valence electrons. The minimum atomic E-state index is -0.961. The molecule has 4 fully saturated rings. The molecule has 4 rings (SSSR count). The van der Waals surface area contributed by atoms with Gasteiger partial charge in [0.25, 0.3) is 0 Å². The van der Waals surface area contributed by atoms with Gasteiger partial charge in [0.2, 0.25) is 5.91 Å². The molecular weight excluding hydrogens is 391 g/mol. The SMILES string of the molecule is COCCN1CCN(C2CCNCC2NC(=O)C2C(N)NN3CC(F)CNC23)CC1. The molecule has 0 saturated carbocycles. The van der Waals surface area contributed by atoms with Crippen molar-refractivity contribution in [2.24, 2.45) is 11.7 Å². The number of carbonyl (C=O) groups excluding carboxylic acids is 1. The maximum Gasteiger partial charge on any atom is 0.229 e. The Morgan fingerprint density at radius 1 is 1.27 bits per heavy atom. The van der Waals surface area contributed by atoms with Crippen LogP contribution < -0.4 is 27.1 Å². The number of nitrogens with one attached hydrogen (secondary N) is 4. The minimum absolute atomic E-state index is 0.0375. The number of halogens is 1. The molecule has 0 bridgehead atoms. The number of piperidine rings is 1. The van der Waals surface area contributed by atoms with Gasteiger partial charge in [-0.25, -0.2) is 14.8 Å². The Morgan fingerprint density at radius 3 is 2.83 bits per heavy atom. The van der Waals surface area contributed by atoms with Gasteiger partial charge in [-0.3, -0.25) is 19.9 Å². The number of piperazine rings is 1. The number of hydrazine groups is 1. The largest absolute Gasteiger partial charge is 0.383 e. The van der Waals surface area contributed by atoms with Crippen LogP contribution in [0.3, 0.4) is 0 Å². The topological polar surface area (TPSA) is 110 Å². The quantitative estimate of drug-likeness (QED) is 0.304. The summed E-state index contributed by atoms with van der Waals surface area (Å²) in [4.78, 5) is 18.1. The second kappa shape index (κ2) is 10.1. The van der Waals surface area contributed by atoms with Crippen LogP contribution in [0.1, 0.15) is 6.42 Å². The molecule has 4 aliphatic rings. The van der Waals surface area contributed by atoms with E-state index in [0.717, 1.165) is 58.8 Å². The zero-order valence-corrected chi connectivity index (χ0v) is 17.9. The third-order valence-corrected chi connectivity index (χ3v) is 6.88. The van der Waals surface area contributed by atoms with Crippen molar-refractivity contribution in [3.05, 3.63) is 0 Å². The number of hydrogen-bond donors (Lipinski definition) is 5. The van der Waals surface area contributed by atoms with Crippen LogP contribution in [0.4, 0.5) is 4.39 Å². The highest BCUT2D eigenvalue weighted by Crippen LogP contribution is 2.23. The summed E-state index contributed by atoms with van der Waals surface area (Å²) in [6.07, 6.45) is -0.745. The highest BCUT2D eigenvalue weighted by atomic mass is 19.1. The van der Waals surface area contributed by atoms with E-state index < -0.39 is 18.3 Å². The van der Waals surface area contributed by atoms with E-state index in [-0.39, 0.29) is 31.2 Å². The molecule has 0 aliphatic carbocycles. The van der Waals surface area contributed by atoms with Crippen LogP contribution in [0, 0.1) is 5.92 Å². The first-order chi connectivity index (χ1) is 14.6. The van der Waals surface area contributed by atoms with Crippen molar-refractivity contribution in [1.29, 1.82) is 0 Å². The van der Waals surface area contributed by atoms with Gasteiger partial charge in [0.15, 0.2) is 0 Å². The van der Waals surface area contributed by atoms with E-state index in [0.29, 0.717) is 6.04 Å². The van der Waals surface area contributed by atoms with Gasteiger partial charge in [0.05, 0.1) is 30.9 Å². The predicted molar refractivity (Wildman–Crippen MR) is 111 cm³/mol. The van der Waals surface area contributed by atoms with Crippen molar-refractivity contribution in [3.8, 4) is 0 Å². The molecule has 6 unspecified atom stereocenters. The number of methoxy groups -OCH3 is 1. The molecule has 4 heterocycles. The Kier molecular flexibility index (Phi) is 7.53. The maximum atomic E-state index is 13.7. The number of fused-ring (bicyclic) bond motifs is 1. The summed E-state index contributed by atoms with van der Waals surface area (Å²) in [5.41, 5.74) is 9.26. The summed E-state index contributed by atoms with van der Waals surface area (Å²) in [6.45, 7) is 7.99. The molecular formula is C19H37FN8O2. The molecule has 0 radical (unpaired) electrons. The summed E-state index contributed by atoms with van der Waals surface area (Å²) in [5.74, 6) is -0.518. The third-order valence-electron chi connectivity index (χ3n) is 6.88. The molecule has 0 spiro atoms. The lowest BCUT2D eigenvalue weighted by molar-refractivity contribution is -0.128. The Labute approximate surface area is 178 Å². The van der Waals surface area contributed by atoms with E-state index in [1.54, 1.807) is 12.1 Å². The number of hydrogen-bond acceptors (Lipinski definition) is 9. The summed E-state index contributed by atoms with van der Waals surface area (Å²) in [5, 5.41) is 11.6. The van der Waals surface area contributed by atoms with E-state index in [1.165, 1.54) is 0 Å². The summed E-state index contributed by atoms with van der Waals surface area (Å²) in [6, 6.07) is 0.353. The number of alkyl halides is 1. The van der Waals surface area contributed by atoms with Crippen LogP contribution in [0.2, 0.25) is 0 Å². The Bertz CT molecular complexity index is 579. The van der Waals surface area contributed by atoms with Crippen molar-refractivity contribution in [3.63, 3.8) is 0 Å². The number of rotatable bonds is 6. The van der Waals surface area contributed by atoms with Crippen LogP contribution >= 0.6 is 0 Å². The Hall–Kier alpha value is -0.920. The summed E-state index contributed by atoms with van der Waals surface area (Å²) in [7, 11) is 1.74. The molecule has 6 atom stereocenters. The first-order valence-corrected chi connectivity index (χ1v) is 11.2. The van der Waals surface area contributed by atoms with E-state index in [9.17, 15) is 9.18 Å². The second-order valence-corrected chi connectivity index (χ2v) is 8.83. The standard InChI is InChI=1S/C19H37FN8O2/c1-30-9-8-26-4-6-27(7-5-26)15-2-3-22-11-14(15)24-19(29)16-17(21)25-28-12-13(20)10-23-18(16)28/h13-18,22-23,25H,2-12,21H2,1H3,(H,24,29). The number of nitrogens with two attached hydrogens (primary N) is 1. The van der Waals surface area contributed by atoms with Gasteiger partial charge in [-0.1, -0.05) is 0 Å². The molecule has 30 heavy (non-hydrogen) atoms. The van der Waals surface area contributed by atoms with Crippen LogP contribution in [-0.2, 0) is 9.53 Å². The first-order valence-electron chi connectivity index (χ1n) is 11.2. The van der Waals surface area contributed by atoms with Crippen molar-refractivity contribution in [2.45, 2.75) is 37.0 Å². The Balaban J connectivity index is 1.34. The van der Waals surface area contributed by atoms with Gasteiger partial charge in [-0.05, 0) is 13.0 Å². The second-order valence-electron chi connectivity index (χ2n) is 8.83. The summed E-state index contributed by atoms with van der Waals surface area (Å²) >= 11 is 0. The number of amides is 1. The Morgan fingerprint density at radius 2 is 2.07 bits per heavy atom. The van der Waals surface area contributed by atoms with E-state index in [2.05, 4.69) is 31.2 Å². The number of nitrogens with zero attached hydrogens (tertiary/aromatic N) is 3. The molecule has 4 saturated heterocycles. The van der Waals surface area contributed by atoms with Gasteiger partial charge in [0, 0.05) is 65.5 Å². The number of ether oxygens (including phenoxy) is 1. The molecule has 10 nitrogen and oxygen atoms in total. The fourth-order valence-electron chi connectivity index (χ4n) is 5.23. The molecule has 1 amide bonds. The lowest BCUT2D eigenvalue weighted by atomic mass is 9.95. The van der Waals surface area contributed by atoms with Gasteiger partial charge in [-0.15, -0.1) is 0 Å². The minimum Gasteiger partial charge on any atom is -0.383 e. The number of carbonyl (C=O) groups is 1. The van der Waals surface area contributed by atoms with Crippen molar-refractivity contribution in [2.75, 3.05) is 72.6 Å². The monoisotopic (exact) mass is 428 g/mol. The molecule has 0 aromatic carbocycles. The van der Waals surface area contributed by atoms with E-state index in [1.807, 2.05) is 0 Å². The average Bonchev–Trinajstić information content (AvgIpc) is 3.08. The molecule has 11 heteroatoms. The highest BCUT2D eigenvalue weighted by molar-refractivity contribution is 5.81. The smallest absolute Gasteiger partial charge is 0.229 e. The van der Waals surface area contributed by atoms with Crippen LogP contribution in [0.25, 0.3) is 0 Å². The van der Waals surface area contributed by atoms with E-state index in [4.69, 9.17) is 10.5 Å². The van der Waals surface area contributed by atoms with Gasteiger partial charge in [0.1, 0.15) is 6.17 Å². The normalized spacial score (nSPS) is 39.0. The van der Waals surface area contributed by atoms with Crippen LogP contribution in [0.5, 0.6) is 0 Å². The van der Waals surface area contributed by atoms with Crippen molar-refractivity contribution >= 4 is 5.91 Å². The van der Waals surface area contributed by atoms with Crippen LogP contribution in [0.15, 0.2) is 0 Å². The van der Waals surface area contributed by atoms with Crippen molar-refractivity contribution < 1.29 is 13.9 Å². The third kappa shape index (κ3) is 4.94. The lowest BCUT2D eigenvalue weighted by Crippen LogP contribution is -2.65. The maximum absolute atomic E-state index is 13.7. The van der Waals surface area contributed by atoms with Crippen molar-refractivity contribution in [1.82, 2.24) is 36.2 Å². The zero-order valence-electron chi connectivity index (χ0n) is 17.9. The zero-order chi connectivity index (χ0) is 21.1. The van der Waals surface area contributed by atoms with Crippen LogP contribution in [-0.4, -0.2) is 124 Å². The van der Waals surface area contributed by atoms with E-state index >= 15 is 0 Å². The van der Waals surface area contributed by atoms with Gasteiger partial charge < -0.3 is 21.1 Å². The fourth-order valence-corrected chi connectivity index (χ4v) is 5.23. The first kappa shape index (κ1) is 22.3. The fraction of sp³-hybridized carbons (Fsp3) is 0.947. The average molecular weight is 429 g/mol. The van der Waals surface area contributed by atoms with Gasteiger partial charge in [-0.2, -0.15) is 0 Å². The highest BCUT2D eigenvalue weighted by Gasteiger charge is 2.47. The summed E-state index contributed by atoms with van der Waals surface area (Å²) < 4.78 is 18.9. The van der Waals surface area contributed by atoms with Gasteiger partial charge >= 0.3 is 0 Å². The molecule has 0 aromatic rings. The molecule has 0 aromatic heterocycles. The molecule has 6 N–H and O–H groups in total. The predicted octanol–water partition coefficient (Wildman–Crippen LogP) is -2.91. The lowest BCUT2D eigenvalue weighted by Gasteiger charge is -2.45.